The molecule has 6 nitrogen and oxygen atoms in total. The van der Waals surface area contributed by atoms with Gasteiger partial charge in [-0.25, -0.2) is 4.79 Å². The Labute approximate surface area is 216 Å². The lowest BCUT2D eigenvalue weighted by Gasteiger charge is -2.48. The molecule has 206 valence electrons. The summed E-state index contributed by atoms with van der Waals surface area (Å²) in [6.07, 6.45) is -8.27. The maximum Gasteiger partial charge on any atom is 0.416 e. The number of hydrogen-bond acceptors (Lipinski definition) is 4. The minimum absolute atomic E-state index is 0.0305. The third-order valence-corrected chi connectivity index (χ3v) is 6.61. The zero-order valence-corrected chi connectivity index (χ0v) is 20.5. The van der Waals surface area contributed by atoms with Gasteiger partial charge in [0.15, 0.2) is 0 Å². The lowest BCUT2D eigenvalue weighted by Crippen LogP contribution is -2.64. The Bertz CT molecular complexity index is 1090. The first-order valence-electron chi connectivity index (χ1n) is 12.1. The second-order valence-electron chi connectivity index (χ2n) is 9.34. The van der Waals surface area contributed by atoms with Crippen molar-refractivity contribution >= 4 is 11.7 Å². The number of nitrogens with one attached hydrogen (secondary N) is 1. The van der Waals surface area contributed by atoms with E-state index in [-0.39, 0.29) is 12.1 Å². The number of benzene rings is 2. The minimum Gasteiger partial charge on any atom is -0.490 e. The number of halogens is 6. The molecule has 38 heavy (non-hydrogen) atoms. The number of likely N-dealkylation sites (tertiary alicyclic amines) is 1. The quantitative estimate of drug-likeness (QED) is 0.380. The van der Waals surface area contributed by atoms with Crippen LogP contribution in [0.15, 0.2) is 55.1 Å². The number of carbonyl (C=O) groups is 1. The van der Waals surface area contributed by atoms with Gasteiger partial charge in [0.2, 0.25) is 0 Å². The maximum atomic E-state index is 13.1. The molecular formula is C26H28F6N4O2. The van der Waals surface area contributed by atoms with E-state index in [1.165, 1.54) is 10.5 Å². The number of nitrogens with zero attached hydrogens (tertiary/aromatic N) is 3. The van der Waals surface area contributed by atoms with Crippen molar-refractivity contribution in [3.8, 4) is 5.75 Å². The Kier molecular flexibility index (Phi) is 8.22. The van der Waals surface area contributed by atoms with Gasteiger partial charge in [0.1, 0.15) is 12.4 Å². The van der Waals surface area contributed by atoms with Gasteiger partial charge in [0, 0.05) is 57.5 Å². The first-order chi connectivity index (χ1) is 17.9. The SMILES string of the molecule is C=CCOc1ccc(CN2CCN(C3CN(C(=O)Nc4cc(C(F)(F)F)cc(C(F)(F)F)c4)C3)CC2)cc1. The van der Waals surface area contributed by atoms with E-state index in [9.17, 15) is 31.1 Å². The van der Waals surface area contributed by atoms with E-state index < -0.39 is 35.2 Å². The minimum atomic E-state index is -4.98. The van der Waals surface area contributed by atoms with Gasteiger partial charge in [-0.05, 0) is 35.9 Å². The van der Waals surface area contributed by atoms with Crippen molar-refractivity contribution in [2.75, 3.05) is 51.2 Å². The first kappa shape index (κ1) is 27.8. The van der Waals surface area contributed by atoms with Crippen molar-refractivity contribution in [3.05, 3.63) is 71.8 Å². The van der Waals surface area contributed by atoms with Crippen molar-refractivity contribution in [1.82, 2.24) is 14.7 Å². The van der Waals surface area contributed by atoms with Gasteiger partial charge in [-0.2, -0.15) is 26.3 Å². The fraction of sp³-hybridized carbons (Fsp3) is 0.423. The molecule has 12 heteroatoms. The Hall–Kier alpha value is -3.25. The summed E-state index contributed by atoms with van der Waals surface area (Å²) in [6, 6.07) is 8.30. The summed E-state index contributed by atoms with van der Waals surface area (Å²) in [5, 5.41) is 2.19. The average molecular weight is 543 g/mol. The number of hydrogen-bond donors (Lipinski definition) is 1. The van der Waals surface area contributed by atoms with Gasteiger partial charge in [-0.15, -0.1) is 0 Å². The lowest BCUT2D eigenvalue weighted by atomic mass is 10.1. The lowest BCUT2D eigenvalue weighted by molar-refractivity contribution is -0.143. The molecule has 2 amide bonds. The van der Waals surface area contributed by atoms with Gasteiger partial charge in [0.05, 0.1) is 11.1 Å². The smallest absolute Gasteiger partial charge is 0.416 e. The van der Waals surface area contributed by atoms with Crippen LogP contribution in [0.2, 0.25) is 0 Å². The van der Waals surface area contributed by atoms with Crippen molar-refractivity contribution in [3.63, 3.8) is 0 Å². The van der Waals surface area contributed by atoms with Gasteiger partial charge in [-0.1, -0.05) is 24.8 Å². The van der Waals surface area contributed by atoms with E-state index in [4.69, 9.17) is 4.74 Å². The Morgan fingerprint density at radius 2 is 1.53 bits per heavy atom. The molecule has 2 heterocycles. The van der Waals surface area contributed by atoms with Crippen LogP contribution in [0.5, 0.6) is 5.75 Å². The van der Waals surface area contributed by atoms with Crippen LogP contribution in [0.25, 0.3) is 0 Å². The number of amides is 2. The second kappa shape index (κ2) is 11.2. The molecule has 0 spiro atoms. The number of carbonyl (C=O) groups excluding carboxylic acids is 1. The molecule has 0 radical (unpaired) electrons. The zero-order valence-electron chi connectivity index (χ0n) is 20.5. The van der Waals surface area contributed by atoms with Crippen LogP contribution in [0.4, 0.5) is 36.8 Å². The molecule has 4 rings (SSSR count). The number of piperazine rings is 1. The Balaban J connectivity index is 1.24. The third kappa shape index (κ3) is 6.98. The van der Waals surface area contributed by atoms with E-state index >= 15 is 0 Å². The molecule has 2 saturated heterocycles. The molecule has 0 aliphatic carbocycles. The van der Waals surface area contributed by atoms with Gasteiger partial charge in [0.25, 0.3) is 0 Å². The summed E-state index contributed by atoms with van der Waals surface area (Å²) >= 11 is 0. The van der Waals surface area contributed by atoms with E-state index in [0.717, 1.165) is 38.5 Å². The third-order valence-electron chi connectivity index (χ3n) is 6.61. The molecule has 2 aromatic rings. The highest BCUT2D eigenvalue weighted by molar-refractivity contribution is 5.90. The maximum absolute atomic E-state index is 13.1. The van der Waals surface area contributed by atoms with Crippen molar-refractivity contribution in [2.45, 2.75) is 24.9 Å². The summed E-state index contributed by atoms with van der Waals surface area (Å²) in [5.41, 5.74) is -2.33. The van der Waals surface area contributed by atoms with Crippen molar-refractivity contribution in [1.29, 1.82) is 0 Å². The predicted octanol–water partition coefficient (Wildman–Crippen LogP) is 5.32. The van der Waals surface area contributed by atoms with Gasteiger partial charge >= 0.3 is 18.4 Å². The number of ether oxygens (including phenoxy) is 1. The monoisotopic (exact) mass is 542 g/mol. The van der Waals surface area contributed by atoms with Gasteiger partial charge in [-0.3, -0.25) is 9.80 Å². The van der Waals surface area contributed by atoms with Gasteiger partial charge < -0.3 is 15.0 Å². The number of anilines is 1. The highest BCUT2D eigenvalue weighted by Crippen LogP contribution is 2.37. The topological polar surface area (TPSA) is 48.1 Å². The van der Waals surface area contributed by atoms with Crippen LogP contribution in [-0.4, -0.2) is 72.6 Å². The molecule has 0 saturated carbocycles. The van der Waals surface area contributed by atoms with E-state index in [1.54, 1.807) is 6.08 Å². The standard InChI is InChI=1S/C26H28F6N4O2/c1-2-11-38-23-5-3-18(4-6-23)15-34-7-9-35(10-8-34)22-16-36(17-22)24(37)33-21-13-19(25(27,28)29)12-20(14-21)26(30,31)32/h2-6,12-14,22H,1,7-11,15-17H2,(H,33,37). The first-order valence-corrected chi connectivity index (χ1v) is 12.1. The van der Waals surface area contributed by atoms with Crippen LogP contribution in [-0.2, 0) is 18.9 Å². The Morgan fingerprint density at radius 3 is 2.05 bits per heavy atom. The molecule has 2 fully saturated rings. The molecule has 2 aromatic carbocycles. The molecule has 0 aromatic heterocycles. The van der Waals surface area contributed by atoms with Crippen molar-refractivity contribution in [2.24, 2.45) is 0 Å². The summed E-state index contributed by atoms with van der Waals surface area (Å²) in [4.78, 5) is 18.4. The molecule has 2 aliphatic heterocycles. The van der Waals surface area contributed by atoms with Crippen LogP contribution in [0.1, 0.15) is 16.7 Å². The summed E-state index contributed by atoms with van der Waals surface area (Å²) in [6.45, 7) is 8.83. The number of alkyl halides is 6. The highest BCUT2D eigenvalue weighted by Gasteiger charge is 2.39. The van der Waals surface area contributed by atoms with E-state index in [0.29, 0.717) is 31.8 Å². The summed E-state index contributed by atoms with van der Waals surface area (Å²) in [5.74, 6) is 0.783. The van der Waals surface area contributed by atoms with Crippen LogP contribution < -0.4 is 10.1 Å². The van der Waals surface area contributed by atoms with E-state index in [2.05, 4.69) is 21.7 Å². The average Bonchev–Trinajstić information content (AvgIpc) is 2.82. The molecule has 0 atom stereocenters. The zero-order chi connectivity index (χ0) is 27.5. The number of rotatable bonds is 7. The predicted molar refractivity (Wildman–Crippen MR) is 130 cm³/mol. The fourth-order valence-corrected chi connectivity index (χ4v) is 4.47. The summed E-state index contributed by atoms with van der Waals surface area (Å²) in [7, 11) is 0. The van der Waals surface area contributed by atoms with Crippen LogP contribution in [0, 0.1) is 0 Å². The van der Waals surface area contributed by atoms with Crippen LogP contribution in [0.3, 0.4) is 0 Å². The normalized spacial score (nSPS) is 17.7. The van der Waals surface area contributed by atoms with Crippen LogP contribution >= 0.6 is 0 Å². The molecule has 1 N–H and O–H groups in total. The molecule has 0 unspecified atom stereocenters. The van der Waals surface area contributed by atoms with Crippen molar-refractivity contribution < 1.29 is 35.9 Å². The molecule has 2 aliphatic rings. The number of urea groups is 1. The summed E-state index contributed by atoms with van der Waals surface area (Å²) < 4.78 is 83.9. The van der Waals surface area contributed by atoms with E-state index in [1.807, 2.05) is 24.3 Å². The highest BCUT2D eigenvalue weighted by atomic mass is 19.4. The Morgan fingerprint density at radius 1 is 0.947 bits per heavy atom. The fourth-order valence-electron chi connectivity index (χ4n) is 4.47. The molecule has 0 bridgehead atoms. The molecular weight excluding hydrogens is 514 g/mol. The second-order valence-corrected chi connectivity index (χ2v) is 9.34. The largest absolute Gasteiger partial charge is 0.490 e.